The summed E-state index contributed by atoms with van der Waals surface area (Å²) in [6, 6.07) is 8.23. The summed E-state index contributed by atoms with van der Waals surface area (Å²) in [6.45, 7) is 5.39. The monoisotopic (exact) mass is 254 g/mol. The van der Waals surface area contributed by atoms with Crippen LogP contribution in [-0.2, 0) is 14.6 Å². The van der Waals surface area contributed by atoms with E-state index in [1.54, 1.807) is 51.1 Å². The molecule has 17 heavy (non-hydrogen) atoms. The van der Waals surface area contributed by atoms with Gasteiger partial charge in [0.25, 0.3) is 0 Å². The highest BCUT2D eigenvalue weighted by Crippen LogP contribution is 2.19. The second-order valence-corrected chi connectivity index (χ2v) is 7.16. The summed E-state index contributed by atoms with van der Waals surface area (Å²) < 4.78 is 23.8. The smallest absolute Gasteiger partial charge is 0.178 e. The van der Waals surface area contributed by atoms with Crippen LogP contribution in [0.1, 0.15) is 27.2 Å². The van der Waals surface area contributed by atoms with Crippen LogP contribution in [-0.4, -0.2) is 20.0 Å². The molecule has 0 heterocycles. The molecule has 1 aromatic rings. The minimum atomic E-state index is -3.34. The molecule has 0 saturated carbocycles. The van der Waals surface area contributed by atoms with Crippen LogP contribution in [0.3, 0.4) is 0 Å². The zero-order valence-corrected chi connectivity index (χ0v) is 11.3. The standard InChI is InChI=1S/C13H18O3S/c1-13(2,3)12(14)9-10-17(15,16)11-7-5-4-6-8-11/h4-8H,9-10H2,1-3H3. The molecule has 0 fully saturated rings. The van der Waals surface area contributed by atoms with Gasteiger partial charge in [0.15, 0.2) is 9.84 Å². The highest BCUT2D eigenvalue weighted by atomic mass is 32.2. The van der Waals surface area contributed by atoms with E-state index in [1.807, 2.05) is 0 Å². The summed E-state index contributed by atoms with van der Waals surface area (Å²) in [7, 11) is -3.34. The van der Waals surface area contributed by atoms with Crippen LogP contribution in [0.25, 0.3) is 0 Å². The van der Waals surface area contributed by atoms with Crippen molar-refractivity contribution in [3.8, 4) is 0 Å². The van der Waals surface area contributed by atoms with Gasteiger partial charge in [0, 0.05) is 11.8 Å². The highest BCUT2D eigenvalue weighted by Gasteiger charge is 2.23. The number of rotatable bonds is 4. The van der Waals surface area contributed by atoms with E-state index in [2.05, 4.69) is 0 Å². The van der Waals surface area contributed by atoms with Crippen LogP contribution in [0, 0.1) is 5.41 Å². The number of Topliss-reactive ketones (excluding diaryl/α,β-unsaturated/α-hetero) is 1. The van der Waals surface area contributed by atoms with E-state index in [9.17, 15) is 13.2 Å². The zero-order chi connectivity index (χ0) is 13.1. The van der Waals surface area contributed by atoms with Gasteiger partial charge in [-0.25, -0.2) is 8.42 Å². The summed E-state index contributed by atoms with van der Waals surface area (Å²) in [5.74, 6) is -0.148. The lowest BCUT2D eigenvalue weighted by Gasteiger charge is -2.16. The van der Waals surface area contributed by atoms with Crippen molar-refractivity contribution in [1.29, 1.82) is 0 Å². The fourth-order valence-corrected chi connectivity index (χ4v) is 2.61. The Hall–Kier alpha value is -1.16. The van der Waals surface area contributed by atoms with Gasteiger partial charge in [-0.2, -0.15) is 0 Å². The van der Waals surface area contributed by atoms with E-state index in [0.717, 1.165) is 0 Å². The Morgan fingerprint density at radius 3 is 2.12 bits per heavy atom. The highest BCUT2D eigenvalue weighted by molar-refractivity contribution is 7.91. The molecule has 0 radical (unpaired) electrons. The van der Waals surface area contributed by atoms with E-state index in [4.69, 9.17) is 0 Å². The molecular weight excluding hydrogens is 236 g/mol. The molecule has 0 aliphatic rings. The summed E-state index contributed by atoms with van der Waals surface area (Å²) in [4.78, 5) is 12.0. The fourth-order valence-electron chi connectivity index (χ4n) is 1.35. The largest absolute Gasteiger partial charge is 0.299 e. The topological polar surface area (TPSA) is 51.2 Å². The van der Waals surface area contributed by atoms with Crippen molar-refractivity contribution in [3.63, 3.8) is 0 Å². The van der Waals surface area contributed by atoms with Crippen molar-refractivity contribution in [2.75, 3.05) is 5.75 Å². The third-order valence-electron chi connectivity index (χ3n) is 2.54. The van der Waals surface area contributed by atoms with Crippen molar-refractivity contribution < 1.29 is 13.2 Å². The molecule has 0 N–H and O–H groups in total. The molecule has 0 aliphatic heterocycles. The molecule has 0 aliphatic carbocycles. The summed E-state index contributed by atoms with van der Waals surface area (Å²) in [6.07, 6.45) is 0.0702. The van der Waals surface area contributed by atoms with Crippen molar-refractivity contribution in [2.24, 2.45) is 5.41 Å². The van der Waals surface area contributed by atoms with Gasteiger partial charge in [-0.15, -0.1) is 0 Å². The molecule has 0 saturated heterocycles. The number of carbonyl (C=O) groups is 1. The number of ketones is 1. The molecule has 4 heteroatoms. The Labute approximate surface area is 103 Å². The minimum absolute atomic E-state index is 0.0305. The Kier molecular flexibility index (Phi) is 4.09. The van der Waals surface area contributed by atoms with Crippen LogP contribution in [0.4, 0.5) is 0 Å². The number of hydrogen-bond acceptors (Lipinski definition) is 3. The summed E-state index contributed by atoms with van der Waals surface area (Å²) in [5, 5.41) is 0. The third-order valence-corrected chi connectivity index (χ3v) is 4.27. The van der Waals surface area contributed by atoms with Crippen molar-refractivity contribution >= 4 is 15.6 Å². The second-order valence-electron chi connectivity index (χ2n) is 5.06. The van der Waals surface area contributed by atoms with Crippen LogP contribution in [0.15, 0.2) is 35.2 Å². The van der Waals surface area contributed by atoms with Crippen molar-refractivity contribution in [3.05, 3.63) is 30.3 Å². The zero-order valence-electron chi connectivity index (χ0n) is 10.4. The van der Waals surface area contributed by atoms with Gasteiger partial charge < -0.3 is 0 Å². The average molecular weight is 254 g/mol. The molecule has 1 aromatic carbocycles. The van der Waals surface area contributed by atoms with E-state index >= 15 is 0 Å². The molecule has 0 amide bonds. The predicted molar refractivity (Wildman–Crippen MR) is 67.6 cm³/mol. The Morgan fingerprint density at radius 1 is 1.12 bits per heavy atom. The number of sulfone groups is 1. The van der Waals surface area contributed by atoms with Crippen LogP contribution < -0.4 is 0 Å². The first-order chi connectivity index (χ1) is 7.73. The van der Waals surface area contributed by atoms with Gasteiger partial charge in [-0.3, -0.25) is 4.79 Å². The minimum Gasteiger partial charge on any atom is -0.299 e. The lowest BCUT2D eigenvalue weighted by molar-refractivity contribution is -0.125. The maximum absolute atomic E-state index is 11.9. The van der Waals surface area contributed by atoms with Crippen LogP contribution in [0.5, 0.6) is 0 Å². The van der Waals surface area contributed by atoms with Crippen molar-refractivity contribution in [2.45, 2.75) is 32.1 Å². The van der Waals surface area contributed by atoms with E-state index < -0.39 is 15.3 Å². The molecule has 94 valence electrons. The van der Waals surface area contributed by atoms with Gasteiger partial charge in [0.05, 0.1) is 10.6 Å². The van der Waals surface area contributed by atoms with Crippen LogP contribution >= 0.6 is 0 Å². The first kappa shape index (κ1) is 13.9. The van der Waals surface area contributed by atoms with E-state index in [-0.39, 0.29) is 22.9 Å². The lowest BCUT2D eigenvalue weighted by Crippen LogP contribution is -2.23. The maximum Gasteiger partial charge on any atom is 0.178 e. The van der Waals surface area contributed by atoms with Gasteiger partial charge in [-0.05, 0) is 12.1 Å². The average Bonchev–Trinajstić information content (AvgIpc) is 2.26. The second kappa shape index (κ2) is 5.00. The predicted octanol–water partition coefficient (Wildman–Crippen LogP) is 2.47. The Bertz CT molecular complexity index is 481. The lowest BCUT2D eigenvalue weighted by atomic mass is 9.89. The molecule has 0 aromatic heterocycles. The number of benzene rings is 1. The van der Waals surface area contributed by atoms with Gasteiger partial charge in [0.2, 0.25) is 0 Å². The molecule has 0 unspecified atom stereocenters. The summed E-state index contributed by atoms with van der Waals surface area (Å²) >= 11 is 0. The molecular formula is C13H18O3S. The van der Waals surface area contributed by atoms with E-state index in [0.29, 0.717) is 0 Å². The summed E-state index contributed by atoms with van der Waals surface area (Å²) in [5.41, 5.74) is -0.480. The van der Waals surface area contributed by atoms with Gasteiger partial charge in [-0.1, -0.05) is 39.0 Å². The first-order valence-corrected chi connectivity index (χ1v) is 7.20. The number of carbonyl (C=O) groups excluding carboxylic acids is 1. The third kappa shape index (κ3) is 3.97. The molecule has 0 atom stereocenters. The number of hydrogen-bond donors (Lipinski definition) is 0. The Morgan fingerprint density at radius 2 is 1.65 bits per heavy atom. The quantitative estimate of drug-likeness (QED) is 0.829. The normalized spacial score (nSPS) is 12.4. The van der Waals surface area contributed by atoms with Crippen molar-refractivity contribution in [1.82, 2.24) is 0 Å². The molecule has 1 rings (SSSR count). The SMILES string of the molecule is CC(C)(C)C(=O)CCS(=O)(=O)c1ccccc1. The van der Waals surface area contributed by atoms with Gasteiger partial charge in [0.1, 0.15) is 5.78 Å². The van der Waals surface area contributed by atoms with Gasteiger partial charge >= 0.3 is 0 Å². The first-order valence-electron chi connectivity index (χ1n) is 5.54. The maximum atomic E-state index is 11.9. The molecule has 0 bridgehead atoms. The molecule has 0 spiro atoms. The fraction of sp³-hybridized carbons (Fsp3) is 0.462. The van der Waals surface area contributed by atoms with E-state index in [1.165, 1.54) is 0 Å². The van der Waals surface area contributed by atoms with Crippen LogP contribution in [0.2, 0.25) is 0 Å². The Balaban J connectivity index is 2.74. The molecule has 3 nitrogen and oxygen atoms in total.